The number of hydrogen-bond donors (Lipinski definition) is 2. The molecule has 2 aromatic heterocycles. The third kappa shape index (κ3) is 2.98. The molecule has 0 atom stereocenters. The van der Waals surface area contributed by atoms with Crippen molar-refractivity contribution in [2.24, 2.45) is 5.73 Å². The zero-order chi connectivity index (χ0) is 17.1. The maximum absolute atomic E-state index is 11.5. The second-order valence-electron chi connectivity index (χ2n) is 5.06. The van der Waals surface area contributed by atoms with Gasteiger partial charge in [-0.2, -0.15) is 0 Å². The topological polar surface area (TPSA) is 124 Å². The van der Waals surface area contributed by atoms with E-state index < -0.39 is 10.8 Å². The van der Waals surface area contributed by atoms with E-state index in [1.54, 1.807) is 6.20 Å². The molecule has 8 nitrogen and oxygen atoms in total. The number of nitrogens with zero attached hydrogens (tertiary/aromatic N) is 3. The quantitative estimate of drug-likeness (QED) is 0.548. The minimum Gasteiger partial charge on any atom is -0.365 e. The van der Waals surface area contributed by atoms with Crippen molar-refractivity contribution >= 4 is 28.3 Å². The lowest BCUT2D eigenvalue weighted by atomic mass is 10.1. The third-order valence-corrected chi connectivity index (χ3v) is 3.51. The van der Waals surface area contributed by atoms with Crippen molar-refractivity contribution in [1.82, 2.24) is 9.97 Å². The Morgan fingerprint density at radius 2 is 2.04 bits per heavy atom. The first-order valence-electron chi connectivity index (χ1n) is 7.07. The molecule has 3 aromatic rings. The van der Waals surface area contributed by atoms with Crippen molar-refractivity contribution in [2.45, 2.75) is 6.54 Å². The standard InChI is InChI=1S/C16H13N5O3/c17-15(22)13-7-12(21(23)24)9-20-16(13)19-8-11-4-1-3-10-5-2-6-18-14(10)11/h1-7,9H,8H2,(H2,17,22)(H,19,20). The highest BCUT2D eigenvalue weighted by atomic mass is 16.6. The number of carbonyl (C=O) groups is 1. The predicted molar refractivity (Wildman–Crippen MR) is 88.5 cm³/mol. The summed E-state index contributed by atoms with van der Waals surface area (Å²) in [5.41, 5.74) is 6.70. The zero-order valence-corrected chi connectivity index (χ0v) is 12.5. The number of amides is 1. The van der Waals surface area contributed by atoms with E-state index in [1.807, 2.05) is 30.3 Å². The number of primary amides is 1. The molecular weight excluding hydrogens is 310 g/mol. The number of nitro groups is 1. The highest BCUT2D eigenvalue weighted by molar-refractivity contribution is 5.98. The van der Waals surface area contributed by atoms with Crippen LogP contribution in [-0.2, 0) is 6.54 Å². The van der Waals surface area contributed by atoms with E-state index in [-0.39, 0.29) is 17.1 Å². The molecule has 0 saturated heterocycles. The van der Waals surface area contributed by atoms with E-state index in [0.29, 0.717) is 6.54 Å². The molecule has 0 unspecified atom stereocenters. The minimum absolute atomic E-state index is 0.0302. The van der Waals surface area contributed by atoms with E-state index in [4.69, 9.17) is 5.73 Å². The van der Waals surface area contributed by atoms with Crippen LogP contribution in [0.25, 0.3) is 10.9 Å². The Labute approximate surface area is 136 Å². The van der Waals surface area contributed by atoms with Crippen LogP contribution in [0.15, 0.2) is 48.8 Å². The lowest BCUT2D eigenvalue weighted by Gasteiger charge is -2.10. The number of benzene rings is 1. The average molecular weight is 323 g/mol. The monoisotopic (exact) mass is 323 g/mol. The molecule has 24 heavy (non-hydrogen) atoms. The van der Waals surface area contributed by atoms with Crippen LogP contribution in [0, 0.1) is 10.1 Å². The number of para-hydroxylation sites is 1. The fraction of sp³-hybridized carbons (Fsp3) is 0.0625. The summed E-state index contributed by atoms with van der Waals surface area (Å²) in [7, 11) is 0. The number of anilines is 1. The molecule has 3 rings (SSSR count). The molecule has 120 valence electrons. The Kier molecular flexibility index (Phi) is 4.02. The van der Waals surface area contributed by atoms with Gasteiger partial charge in [0.1, 0.15) is 12.0 Å². The van der Waals surface area contributed by atoms with Gasteiger partial charge in [0.2, 0.25) is 0 Å². The van der Waals surface area contributed by atoms with Gasteiger partial charge in [0.15, 0.2) is 0 Å². The maximum Gasteiger partial charge on any atom is 0.288 e. The number of nitrogens with one attached hydrogen (secondary N) is 1. The van der Waals surface area contributed by atoms with Crippen molar-refractivity contribution in [3.05, 3.63) is 70.0 Å². The summed E-state index contributed by atoms with van der Waals surface area (Å²) >= 11 is 0. The number of pyridine rings is 2. The second kappa shape index (κ2) is 6.29. The van der Waals surface area contributed by atoms with Crippen molar-refractivity contribution < 1.29 is 9.72 Å². The molecule has 0 bridgehead atoms. The van der Waals surface area contributed by atoms with Gasteiger partial charge in [-0.25, -0.2) is 4.98 Å². The lowest BCUT2D eigenvalue weighted by Crippen LogP contribution is -2.16. The van der Waals surface area contributed by atoms with Crippen LogP contribution < -0.4 is 11.1 Å². The van der Waals surface area contributed by atoms with Gasteiger partial charge in [0.05, 0.1) is 16.0 Å². The SMILES string of the molecule is NC(=O)c1cc([N+](=O)[O-])cnc1NCc1cccc2cccnc12. The molecule has 0 saturated carbocycles. The molecule has 2 heterocycles. The zero-order valence-electron chi connectivity index (χ0n) is 12.5. The lowest BCUT2D eigenvalue weighted by molar-refractivity contribution is -0.385. The van der Waals surface area contributed by atoms with Crippen LogP contribution in [-0.4, -0.2) is 20.8 Å². The molecule has 1 aromatic carbocycles. The van der Waals surface area contributed by atoms with E-state index in [0.717, 1.165) is 28.7 Å². The smallest absolute Gasteiger partial charge is 0.288 e. The van der Waals surface area contributed by atoms with Gasteiger partial charge in [-0.3, -0.25) is 19.9 Å². The highest BCUT2D eigenvalue weighted by Crippen LogP contribution is 2.21. The second-order valence-corrected chi connectivity index (χ2v) is 5.06. The molecule has 0 spiro atoms. The summed E-state index contributed by atoms with van der Waals surface area (Å²) in [5, 5.41) is 14.8. The number of nitrogens with two attached hydrogens (primary N) is 1. The van der Waals surface area contributed by atoms with Crippen LogP contribution in [0.3, 0.4) is 0 Å². The number of aromatic nitrogens is 2. The predicted octanol–water partition coefficient (Wildman–Crippen LogP) is 2.25. The Balaban J connectivity index is 1.91. The summed E-state index contributed by atoms with van der Waals surface area (Å²) in [5.74, 6) is -0.592. The van der Waals surface area contributed by atoms with Crippen molar-refractivity contribution in [2.75, 3.05) is 5.32 Å². The van der Waals surface area contributed by atoms with Gasteiger partial charge in [0, 0.05) is 24.2 Å². The van der Waals surface area contributed by atoms with Gasteiger partial charge in [-0.15, -0.1) is 0 Å². The maximum atomic E-state index is 11.5. The van der Waals surface area contributed by atoms with Gasteiger partial charge >= 0.3 is 0 Å². The minimum atomic E-state index is -0.787. The summed E-state index contributed by atoms with van der Waals surface area (Å²) in [6.07, 6.45) is 2.78. The largest absolute Gasteiger partial charge is 0.365 e. The first-order chi connectivity index (χ1) is 11.6. The van der Waals surface area contributed by atoms with Crippen molar-refractivity contribution in [1.29, 1.82) is 0 Å². The molecule has 3 N–H and O–H groups in total. The fourth-order valence-electron chi connectivity index (χ4n) is 2.37. The average Bonchev–Trinajstić information content (AvgIpc) is 2.59. The van der Waals surface area contributed by atoms with Gasteiger partial charge in [0.25, 0.3) is 11.6 Å². The summed E-state index contributed by atoms with van der Waals surface area (Å²) in [6, 6.07) is 10.7. The summed E-state index contributed by atoms with van der Waals surface area (Å²) in [4.78, 5) is 30.0. The normalized spacial score (nSPS) is 10.5. The molecular formula is C16H13N5O3. The number of rotatable bonds is 5. The molecule has 0 fully saturated rings. The molecule has 8 heteroatoms. The Morgan fingerprint density at radius 1 is 1.25 bits per heavy atom. The fourth-order valence-corrected chi connectivity index (χ4v) is 2.37. The number of carbonyl (C=O) groups excluding carboxylic acids is 1. The third-order valence-electron chi connectivity index (χ3n) is 3.51. The van der Waals surface area contributed by atoms with Crippen molar-refractivity contribution in [3.8, 4) is 0 Å². The highest BCUT2D eigenvalue weighted by Gasteiger charge is 2.16. The van der Waals surface area contributed by atoms with Crippen molar-refractivity contribution in [3.63, 3.8) is 0 Å². The Morgan fingerprint density at radius 3 is 2.79 bits per heavy atom. The van der Waals surface area contributed by atoms with E-state index in [2.05, 4.69) is 15.3 Å². The van der Waals surface area contributed by atoms with Gasteiger partial charge in [-0.1, -0.05) is 24.3 Å². The molecule has 0 radical (unpaired) electrons. The first-order valence-corrected chi connectivity index (χ1v) is 7.07. The van der Waals surface area contributed by atoms with Crippen LogP contribution in [0.1, 0.15) is 15.9 Å². The molecule has 1 amide bonds. The van der Waals surface area contributed by atoms with Gasteiger partial charge < -0.3 is 11.1 Å². The van der Waals surface area contributed by atoms with Crippen LogP contribution in [0.2, 0.25) is 0 Å². The van der Waals surface area contributed by atoms with E-state index in [1.165, 1.54) is 0 Å². The first kappa shape index (κ1) is 15.3. The number of hydrogen-bond acceptors (Lipinski definition) is 6. The van der Waals surface area contributed by atoms with E-state index in [9.17, 15) is 14.9 Å². The van der Waals surface area contributed by atoms with Gasteiger partial charge in [-0.05, 0) is 11.6 Å². The summed E-state index contributed by atoms with van der Waals surface area (Å²) < 4.78 is 0. The number of fused-ring (bicyclic) bond motifs is 1. The van der Waals surface area contributed by atoms with Crippen LogP contribution in [0.4, 0.5) is 11.5 Å². The molecule has 0 aliphatic carbocycles. The van der Waals surface area contributed by atoms with Crippen LogP contribution in [0.5, 0.6) is 0 Å². The molecule has 0 aliphatic rings. The Hall–Kier alpha value is -3.55. The summed E-state index contributed by atoms with van der Waals surface area (Å²) in [6.45, 7) is 0.347. The molecule has 0 aliphatic heterocycles. The van der Waals surface area contributed by atoms with Crippen LogP contribution >= 0.6 is 0 Å². The van der Waals surface area contributed by atoms with E-state index >= 15 is 0 Å². The Bertz CT molecular complexity index is 937.